The van der Waals surface area contributed by atoms with E-state index in [1.54, 1.807) is 24.3 Å². The van der Waals surface area contributed by atoms with E-state index in [9.17, 15) is 19.5 Å². The zero-order chi connectivity index (χ0) is 18.1. The van der Waals surface area contributed by atoms with E-state index in [2.05, 4.69) is 5.32 Å². The average Bonchev–Trinajstić information content (AvgIpc) is 2.56. The van der Waals surface area contributed by atoms with Crippen molar-refractivity contribution in [3.8, 4) is 5.75 Å². The highest BCUT2D eigenvalue weighted by molar-refractivity contribution is 6.39. The summed E-state index contributed by atoms with van der Waals surface area (Å²) in [5, 5.41) is 11.7. The Balaban J connectivity index is 2.01. The summed E-state index contributed by atoms with van der Waals surface area (Å²) < 4.78 is 0. The summed E-state index contributed by atoms with van der Waals surface area (Å²) in [6, 6.07) is 10.2. The maximum atomic E-state index is 12.7. The van der Waals surface area contributed by atoms with Gasteiger partial charge in [-0.15, -0.1) is 0 Å². The maximum Gasteiger partial charge on any atom is 0.335 e. The molecule has 2 aromatic rings. The fourth-order valence-corrected chi connectivity index (χ4v) is 2.55. The topological polar surface area (TPSA) is 86.7 Å². The van der Waals surface area contributed by atoms with Gasteiger partial charge in [0.1, 0.15) is 11.3 Å². The van der Waals surface area contributed by atoms with Gasteiger partial charge in [0, 0.05) is 0 Å². The number of benzene rings is 2. The molecule has 1 heterocycles. The molecule has 25 heavy (non-hydrogen) atoms. The second kappa shape index (κ2) is 6.41. The van der Waals surface area contributed by atoms with E-state index in [-0.39, 0.29) is 16.3 Å². The van der Waals surface area contributed by atoms with Crippen molar-refractivity contribution in [2.24, 2.45) is 0 Å². The number of urea groups is 1. The predicted molar refractivity (Wildman–Crippen MR) is 93.3 cm³/mol. The maximum absolute atomic E-state index is 12.7. The van der Waals surface area contributed by atoms with Gasteiger partial charge in [-0.3, -0.25) is 14.9 Å². The van der Waals surface area contributed by atoms with Gasteiger partial charge in [-0.05, 0) is 42.8 Å². The van der Waals surface area contributed by atoms with Crippen molar-refractivity contribution in [2.45, 2.75) is 6.92 Å². The number of hydrogen-bond acceptors (Lipinski definition) is 4. The van der Waals surface area contributed by atoms with Gasteiger partial charge in [0.2, 0.25) is 0 Å². The Kier molecular flexibility index (Phi) is 4.29. The fourth-order valence-electron chi connectivity index (χ4n) is 2.37. The number of amides is 4. The van der Waals surface area contributed by atoms with Gasteiger partial charge in [0.05, 0.1) is 10.7 Å². The third-order valence-electron chi connectivity index (χ3n) is 3.68. The zero-order valence-electron chi connectivity index (χ0n) is 13.1. The number of barbiturate groups is 1. The highest BCUT2D eigenvalue weighted by Gasteiger charge is 2.36. The first-order valence-electron chi connectivity index (χ1n) is 7.33. The molecule has 126 valence electrons. The molecule has 0 unspecified atom stereocenters. The molecule has 1 fully saturated rings. The summed E-state index contributed by atoms with van der Waals surface area (Å²) in [6.07, 6.45) is 1.32. The molecular formula is C18H13ClN2O4. The number of aryl methyl sites for hydroxylation is 1. The number of imide groups is 2. The van der Waals surface area contributed by atoms with Crippen molar-refractivity contribution in [3.05, 3.63) is 64.2 Å². The number of carbonyl (C=O) groups is 3. The van der Waals surface area contributed by atoms with E-state index in [1.165, 1.54) is 24.3 Å². The Morgan fingerprint density at radius 1 is 1.08 bits per heavy atom. The standard InChI is InChI=1S/C18H13ClN2O4/c1-10-2-5-12(6-3-10)21-17(24)13(16(23)20-18(21)25)8-11-4-7-15(22)14(19)9-11/h2-9,22H,1H3,(H,20,23,25)/b13-8+. The minimum Gasteiger partial charge on any atom is -0.506 e. The van der Waals surface area contributed by atoms with Crippen molar-refractivity contribution in [2.75, 3.05) is 4.90 Å². The largest absolute Gasteiger partial charge is 0.506 e. The molecule has 2 aromatic carbocycles. The molecule has 1 aliphatic rings. The van der Waals surface area contributed by atoms with Crippen molar-refractivity contribution >= 4 is 41.2 Å². The van der Waals surface area contributed by atoms with Crippen LogP contribution in [0.15, 0.2) is 48.0 Å². The molecular weight excluding hydrogens is 344 g/mol. The van der Waals surface area contributed by atoms with E-state index < -0.39 is 17.8 Å². The smallest absolute Gasteiger partial charge is 0.335 e. The van der Waals surface area contributed by atoms with Gasteiger partial charge in [0.15, 0.2) is 0 Å². The van der Waals surface area contributed by atoms with Crippen molar-refractivity contribution in [1.82, 2.24) is 5.32 Å². The summed E-state index contributed by atoms with van der Waals surface area (Å²) in [5.74, 6) is -1.64. The Morgan fingerprint density at radius 2 is 1.76 bits per heavy atom. The number of anilines is 1. The summed E-state index contributed by atoms with van der Waals surface area (Å²) in [7, 11) is 0. The Hall–Kier alpha value is -3.12. The van der Waals surface area contributed by atoms with Crippen LogP contribution >= 0.6 is 11.6 Å². The Bertz CT molecular complexity index is 919. The molecule has 0 spiro atoms. The number of rotatable bonds is 2. The van der Waals surface area contributed by atoms with Crippen LogP contribution in [0.2, 0.25) is 5.02 Å². The highest BCUT2D eigenvalue weighted by Crippen LogP contribution is 2.26. The number of aromatic hydroxyl groups is 1. The lowest BCUT2D eigenvalue weighted by Gasteiger charge is -2.26. The first-order chi connectivity index (χ1) is 11.9. The van der Waals surface area contributed by atoms with Crippen LogP contribution in [-0.4, -0.2) is 23.0 Å². The van der Waals surface area contributed by atoms with E-state index >= 15 is 0 Å². The monoisotopic (exact) mass is 356 g/mol. The summed E-state index contributed by atoms with van der Waals surface area (Å²) in [6.45, 7) is 1.88. The molecule has 1 saturated heterocycles. The predicted octanol–water partition coefficient (Wildman–Crippen LogP) is 3.02. The normalized spacial score (nSPS) is 16.3. The molecule has 7 heteroatoms. The molecule has 0 atom stereocenters. The second-order valence-corrected chi connectivity index (χ2v) is 5.91. The third kappa shape index (κ3) is 3.25. The van der Waals surface area contributed by atoms with Gasteiger partial charge in [-0.25, -0.2) is 9.69 Å². The van der Waals surface area contributed by atoms with Crippen LogP contribution in [0.3, 0.4) is 0 Å². The summed E-state index contributed by atoms with van der Waals surface area (Å²) in [5.41, 5.74) is 1.57. The first-order valence-corrected chi connectivity index (χ1v) is 7.71. The number of phenols is 1. The fraction of sp³-hybridized carbons (Fsp3) is 0.0556. The number of halogens is 1. The van der Waals surface area contributed by atoms with Crippen LogP contribution in [-0.2, 0) is 9.59 Å². The Labute approximate surface area is 148 Å². The quantitative estimate of drug-likeness (QED) is 0.639. The van der Waals surface area contributed by atoms with E-state index in [0.29, 0.717) is 11.3 Å². The van der Waals surface area contributed by atoms with E-state index in [4.69, 9.17) is 11.6 Å². The summed E-state index contributed by atoms with van der Waals surface area (Å²) in [4.78, 5) is 37.7. The molecule has 6 nitrogen and oxygen atoms in total. The minimum atomic E-state index is -0.806. The third-order valence-corrected chi connectivity index (χ3v) is 3.98. The number of nitrogens with zero attached hydrogens (tertiary/aromatic N) is 1. The number of nitrogens with one attached hydrogen (secondary N) is 1. The van der Waals surface area contributed by atoms with Crippen molar-refractivity contribution < 1.29 is 19.5 Å². The first kappa shape index (κ1) is 16.7. The lowest BCUT2D eigenvalue weighted by molar-refractivity contribution is -0.122. The minimum absolute atomic E-state index is 0.0875. The number of phenolic OH excluding ortho intramolecular Hbond substituents is 1. The number of hydrogen-bond donors (Lipinski definition) is 2. The molecule has 4 amide bonds. The van der Waals surface area contributed by atoms with Gasteiger partial charge in [-0.2, -0.15) is 0 Å². The van der Waals surface area contributed by atoms with Crippen LogP contribution in [0.5, 0.6) is 5.75 Å². The van der Waals surface area contributed by atoms with Crippen LogP contribution in [0.1, 0.15) is 11.1 Å². The van der Waals surface area contributed by atoms with E-state index in [1.807, 2.05) is 6.92 Å². The summed E-state index contributed by atoms with van der Waals surface area (Å²) >= 11 is 5.84. The lowest BCUT2D eigenvalue weighted by Crippen LogP contribution is -2.54. The SMILES string of the molecule is Cc1ccc(N2C(=O)NC(=O)/C(=C\c3ccc(O)c(Cl)c3)C2=O)cc1. The van der Waals surface area contributed by atoms with Crippen molar-refractivity contribution in [1.29, 1.82) is 0 Å². The van der Waals surface area contributed by atoms with E-state index in [0.717, 1.165) is 10.5 Å². The van der Waals surface area contributed by atoms with Crippen LogP contribution < -0.4 is 10.2 Å². The molecule has 0 bridgehead atoms. The van der Waals surface area contributed by atoms with Gasteiger partial charge in [-0.1, -0.05) is 35.4 Å². The van der Waals surface area contributed by atoms with Gasteiger partial charge in [0.25, 0.3) is 11.8 Å². The Morgan fingerprint density at radius 3 is 2.40 bits per heavy atom. The zero-order valence-corrected chi connectivity index (χ0v) is 13.9. The molecule has 1 aliphatic heterocycles. The molecule has 0 aromatic heterocycles. The van der Waals surface area contributed by atoms with Crippen LogP contribution in [0.4, 0.5) is 10.5 Å². The number of carbonyl (C=O) groups excluding carboxylic acids is 3. The molecule has 2 N–H and O–H groups in total. The highest BCUT2D eigenvalue weighted by atomic mass is 35.5. The van der Waals surface area contributed by atoms with Gasteiger partial charge >= 0.3 is 6.03 Å². The molecule has 3 rings (SSSR count). The van der Waals surface area contributed by atoms with Crippen LogP contribution in [0, 0.1) is 6.92 Å². The lowest BCUT2D eigenvalue weighted by atomic mass is 10.1. The van der Waals surface area contributed by atoms with Crippen LogP contribution in [0.25, 0.3) is 6.08 Å². The molecule has 0 radical (unpaired) electrons. The van der Waals surface area contributed by atoms with Crippen molar-refractivity contribution in [3.63, 3.8) is 0 Å². The average molecular weight is 357 g/mol. The molecule has 0 saturated carbocycles. The molecule has 0 aliphatic carbocycles. The van der Waals surface area contributed by atoms with Gasteiger partial charge < -0.3 is 5.11 Å². The second-order valence-electron chi connectivity index (χ2n) is 5.50.